The highest BCUT2D eigenvalue weighted by Gasteiger charge is 2.10. The normalized spacial score (nSPS) is 10.5. The van der Waals surface area contributed by atoms with Gasteiger partial charge in [-0.05, 0) is 25.1 Å². The van der Waals surface area contributed by atoms with Crippen LogP contribution in [0.25, 0.3) is 10.9 Å². The summed E-state index contributed by atoms with van der Waals surface area (Å²) in [4.78, 5) is 13.9. The van der Waals surface area contributed by atoms with Gasteiger partial charge in [-0.2, -0.15) is 0 Å². The van der Waals surface area contributed by atoms with Crippen molar-refractivity contribution < 1.29 is 14.6 Å². The Balaban J connectivity index is 2.76. The third-order valence-electron chi connectivity index (χ3n) is 2.30. The third kappa shape index (κ3) is 1.54. The molecule has 1 aromatic carbocycles. The molecule has 0 bridgehead atoms. The van der Waals surface area contributed by atoms with Crippen molar-refractivity contribution in [1.29, 1.82) is 0 Å². The van der Waals surface area contributed by atoms with Crippen LogP contribution >= 0.6 is 0 Å². The van der Waals surface area contributed by atoms with Gasteiger partial charge in [-0.3, -0.25) is 0 Å². The SMILES string of the molecule is COc1cc(C(=O)O)cc2[nH]c(C)cc12. The molecule has 0 saturated heterocycles. The Morgan fingerprint density at radius 2 is 2.13 bits per heavy atom. The molecule has 0 atom stereocenters. The minimum atomic E-state index is -0.956. The van der Waals surface area contributed by atoms with E-state index in [0.717, 1.165) is 16.6 Å². The average molecular weight is 205 g/mol. The topological polar surface area (TPSA) is 62.3 Å². The van der Waals surface area contributed by atoms with Gasteiger partial charge in [-0.1, -0.05) is 0 Å². The van der Waals surface area contributed by atoms with Crippen LogP contribution in [-0.4, -0.2) is 23.2 Å². The highest BCUT2D eigenvalue weighted by atomic mass is 16.5. The molecule has 0 saturated carbocycles. The first-order valence-electron chi connectivity index (χ1n) is 4.52. The van der Waals surface area contributed by atoms with E-state index in [1.165, 1.54) is 13.2 Å². The highest BCUT2D eigenvalue weighted by Crippen LogP contribution is 2.28. The molecule has 1 heterocycles. The fourth-order valence-corrected chi connectivity index (χ4v) is 1.64. The number of hydrogen-bond donors (Lipinski definition) is 2. The molecule has 0 unspecified atom stereocenters. The summed E-state index contributed by atoms with van der Waals surface area (Å²) in [5, 5.41) is 9.80. The zero-order valence-electron chi connectivity index (χ0n) is 8.50. The van der Waals surface area contributed by atoms with Crippen molar-refractivity contribution >= 4 is 16.9 Å². The number of carboxylic acids is 1. The van der Waals surface area contributed by atoms with Crippen LogP contribution in [0.15, 0.2) is 18.2 Å². The molecule has 2 rings (SSSR count). The molecule has 0 amide bonds. The number of rotatable bonds is 2. The van der Waals surface area contributed by atoms with Crippen LogP contribution in [0.5, 0.6) is 5.75 Å². The van der Waals surface area contributed by atoms with Gasteiger partial charge in [0, 0.05) is 11.1 Å². The maximum Gasteiger partial charge on any atom is 0.335 e. The monoisotopic (exact) mass is 205 g/mol. The Morgan fingerprint density at radius 3 is 2.73 bits per heavy atom. The minimum Gasteiger partial charge on any atom is -0.496 e. The van der Waals surface area contributed by atoms with Crippen LogP contribution in [-0.2, 0) is 0 Å². The number of nitrogens with one attached hydrogen (secondary N) is 1. The largest absolute Gasteiger partial charge is 0.496 e. The van der Waals surface area contributed by atoms with E-state index in [4.69, 9.17) is 9.84 Å². The van der Waals surface area contributed by atoms with Crippen LogP contribution in [0.4, 0.5) is 0 Å². The number of fused-ring (bicyclic) bond motifs is 1. The van der Waals surface area contributed by atoms with E-state index >= 15 is 0 Å². The molecule has 1 aromatic heterocycles. The third-order valence-corrected chi connectivity index (χ3v) is 2.30. The molecular weight excluding hydrogens is 194 g/mol. The molecule has 78 valence electrons. The maximum atomic E-state index is 10.9. The van der Waals surface area contributed by atoms with Crippen LogP contribution in [0.3, 0.4) is 0 Å². The summed E-state index contributed by atoms with van der Waals surface area (Å²) < 4.78 is 5.15. The number of H-pyrrole nitrogens is 1. The number of hydrogen-bond acceptors (Lipinski definition) is 2. The number of carbonyl (C=O) groups is 1. The van der Waals surface area contributed by atoms with E-state index in [1.54, 1.807) is 6.07 Å². The summed E-state index contributed by atoms with van der Waals surface area (Å²) >= 11 is 0. The lowest BCUT2D eigenvalue weighted by molar-refractivity contribution is 0.0696. The average Bonchev–Trinajstić information content (AvgIpc) is 2.56. The van der Waals surface area contributed by atoms with Crippen molar-refractivity contribution in [2.75, 3.05) is 7.11 Å². The number of aromatic amines is 1. The number of carboxylic acid groups (broad SMARTS) is 1. The maximum absolute atomic E-state index is 10.9. The Labute approximate surface area is 86.5 Å². The van der Waals surface area contributed by atoms with E-state index < -0.39 is 5.97 Å². The van der Waals surface area contributed by atoms with Crippen LogP contribution in [0.1, 0.15) is 16.1 Å². The minimum absolute atomic E-state index is 0.223. The molecule has 2 aromatic rings. The van der Waals surface area contributed by atoms with Crippen molar-refractivity contribution in [1.82, 2.24) is 4.98 Å². The van der Waals surface area contributed by atoms with Crippen LogP contribution < -0.4 is 4.74 Å². The van der Waals surface area contributed by atoms with E-state index in [9.17, 15) is 4.79 Å². The van der Waals surface area contributed by atoms with E-state index in [0.29, 0.717) is 5.75 Å². The van der Waals surface area contributed by atoms with Gasteiger partial charge in [0.05, 0.1) is 18.2 Å². The van der Waals surface area contributed by atoms with Gasteiger partial charge in [0.2, 0.25) is 0 Å². The van der Waals surface area contributed by atoms with Crippen LogP contribution in [0.2, 0.25) is 0 Å². The lowest BCUT2D eigenvalue weighted by Gasteiger charge is -2.03. The van der Waals surface area contributed by atoms with Crippen molar-refractivity contribution in [3.63, 3.8) is 0 Å². The predicted octanol–water partition coefficient (Wildman–Crippen LogP) is 2.18. The number of aromatic carboxylic acids is 1. The van der Waals surface area contributed by atoms with Crippen molar-refractivity contribution in [2.45, 2.75) is 6.92 Å². The Bertz CT molecular complexity index is 528. The molecular formula is C11H11NO3. The molecule has 15 heavy (non-hydrogen) atoms. The first-order valence-corrected chi connectivity index (χ1v) is 4.52. The summed E-state index contributed by atoms with van der Waals surface area (Å²) in [6.45, 7) is 1.92. The molecule has 0 radical (unpaired) electrons. The van der Waals surface area contributed by atoms with E-state index in [1.807, 2.05) is 13.0 Å². The number of aryl methyl sites for hydroxylation is 1. The summed E-state index contributed by atoms with van der Waals surface area (Å²) in [7, 11) is 1.53. The van der Waals surface area contributed by atoms with Gasteiger partial charge in [0.1, 0.15) is 5.75 Å². The second kappa shape index (κ2) is 3.31. The molecule has 0 fully saturated rings. The molecule has 4 nitrogen and oxygen atoms in total. The smallest absolute Gasteiger partial charge is 0.335 e. The predicted molar refractivity (Wildman–Crippen MR) is 56.5 cm³/mol. The lowest BCUT2D eigenvalue weighted by atomic mass is 10.1. The molecule has 0 aliphatic heterocycles. The highest BCUT2D eigenvalue weighted by molar-refractivity contribution is 5.96. The lowest BCUT2D eigenvalue weighted by Crippen LogP contribution is -1.97. The van der Waals surface area contributed by atoms with Crippen molar-refractivity contribution in [3.05, 3.63) is 29.5 Å². The number of ether oxygens (including phenoxy) is 1. The summed E-state index contributed by atoms with van der Waals surface area (Å²) in [6, 6.07) is 5.06. The van der Waals surface area contributed by atoms with Crippen LogP contribution in [0, 0.1) is 6.92 Å². The zero-order chi connectivity index (χ0) is 11.0. The van der Waals surface area contributed by atoms with Gasteiger partial charge in [0.25, 0.3) is 0 Å². The van der Waals surface area contributed by atoms with Gasteiger partial charge in [-0.15, -0.1) is 0 Å². The summed E-state index contributed by atoms with van der Waals surface area (Å²) in [6.07, 6.45) is 0. The van der Waals surface area contributed by atoms with E-state index in [-0.39, 0.29) is 5.56 Å². The van der Waals surface area contributed by atoms with Gasteiger partial charge in [-0.25, -0.2) is 4.79 Å². The van der Waals surface area contributed by atoms with E-state index in [2.05, 4.69) is 4.98 Å². The van der Waals surface area contributed by atoms with Gasteiger partial charge < -0.3 is 14.8 Å². The van der Waals surface area contributed by atoms with Gasteiger partial charge in [0.15, 0.2) is 0 Å². The molecule has 4 heteroatoms. The second-order valence-electron chi connectivity index (χ2n) is 3.40. The molecule has 0 aliphatic carbocycles. The number of methoxy groups -OCH3 is 1. The standard InChI is InChI=1S/C11H11NO3/c1-6-3-8-9(12-6)4-7(11(13)14)5-10(8)15-2/h3-5,12H,1-2H3,(H,13,14). The Hall–Kier alpha value is -1.97. The van der Waals surface area contributed by atoms with Crippen molar-refractivity contribution in [3.8, 4) is 5.75 Å². The molecule has 0 spiro atoms. The number of benzene rings is 1. The second-order valence-corrected chi connectivity index (χ2v) is 3.40. The fraction of sp³-hybridized carbons (Fsp3) is 0.182. The fourth-order valence-electron chi connectivity index (χ4n) is 1.64. The quantitative estimate of drug-likeness (QED) is 0.789. The number of aromatic nitrogens is 1. The summed E-state index contributed by atoms with van der Waals surface area (Å²) in [5.41, 5.74) is 1.98. The molecule has 2 N–H and O–H groups in total. The first kappa shape index (κ1) is 9.58. The van der Waals surface area contributed by atoms with Crippen molar-refractivity contribution in [2.24, 2.45) is 0 Å². The molecule has 0 aliphatic rings. The zero-order valence-corrected chi connectivity index (χ0v) is 8.50. The Kier molecular flexibility index (Phi) is 2.11. The first-order chi connectivity index (χ1) is 7.11. The Morgan fingerprint density at radius 1 is 1.40 bits per heavy atom. The summed E-state index contributed by atoms with van der Waals surface area (Å²) in [5.74, 6) is -0.378. The van der Waals surface area contributed by atoms with Gasteiger partial charge >= 0.3 is 5.97 Å².